The van der Waals surface area contributed by atoms with Crippen molar-refractivity contribution >= 4 is 28.9 Å². The smallest absolute Gasteiger partial charge is 0.180 e. The molecule has 3 aromatic rings. The van der Waals surface area contributed by atoms with Crippen LogP contribution in [0.2, 0.25) is 10.0 Å². The summed E-state index contributed by atoms with van der Waals surface area (Å²) < 4.78 is 24.5. The molecule has 0 saturated carbocycles. The van der Waals surface area contributed by atoms with Crippen molar-refractivity contribution < 1.29 is 13.9 Å². The van der Waals surface area contributed by atoms with Crippen LogP contribution in [-0.2, 0) is 13.2 Å². The van der Waals surface area contributed by atoms with Crippen LogP contribution < -0.4 is 14.8 Å². The molecule has 0 aliphatic rings. The molecule has 0 amide bonds. The van der Waals surface area contributed by atoms with E-state index in [-0.39, 0.29) is 12.4 Å². The zero-order valence-corrected chi connectivity index (χ0v) is 16.1. The molecule has 0 spiro atoms. The minimum absolute atomic E-state index is 0.188. The molecular weight excluding hydrogens is 388 g/mol. The Labute approximate surface area is 167 Å². The maximum atomic E-state index is 13.3. The number of methoxy groups -OCH3 is 1. The molecule has 27 heavy (non-hydrogen) atoms. The zero-order valence-electron chi connectivity index (χ0n) is 14.6. The summed E-state index contributed by atoms with van der Waals surface area (Å²) in [5.74, 6) is 0.633. The monoisotopic (exact) mass is 405 g/mol. The van der Waals surface area contributed by atoms with Gasteiger partial charge in [0, 0.05) is 17.3 Å². The maximum absolute atomic E-state index is 13.3. The van der Waals surface area contributed by atoms with Crippen molar-refractivity contribution in [1.82, 2.24) is 0 Å². The topological polar surface area (TPSA) is 30.5 Å². The summed E-state index contributed by atoms with van der Waals surface area (Å²) >= 11 is 12.4. The second-order valence-corrected chi connectivity index (χ2v) is 6.74. The lowest BCUT2D eigenvalue weighted by molar-refractivity contribution is 0.284. The Hall–Kier alpha value is -2.43. The molecule has 0 saturated heterocycles. The first-order valence-corrected chi connectivity index (χ1v) is 9.04. The number of ether oxygens (including phenoxy) is 2. The van der Waals surface area contributed by atoms with Gasteiger partial charge in [-0.1, -0.05) is 41.4 Å². The Morgan fingerprint density at radius 2 is 1.78 bits per heavy atom. The Kier molecular flexibility index (Phi) is 6.43. The zero-order chi connectivity index (χ0) is 19.2. The maximum Gasteiger partial charge on any atom is 0.180 e. The van der Waals surface area contributed by atoms with Crippen LogP contribution in [0.1, 0.15) is 11.1 Å². The lowest BCUT2D eigenvalue weighted by Crippen LogP contribution is -2.03. The van der Waals surface area contributed by atoms with Gasteiger partial charge in [0.2, 0.25) is 0 Å². The molecule has 0 fully saturated rings. The number of hydrogen-bond acceptors (Lipinski definition) is 3. The molecule has 3 nitrogen and oxygen atoms in total. The SMILES string of the molecule is COc1cc(CNc2cccc(Cl)c2)cc(Cl)c1OCc1cccc(F)c1. The molecule has 0 heterocycles. The van der Waals surface area contributed by atoms with Crippen molar-refractivity contribution in [2.45, 2.75) is 13.2 Å². The van der Waals surface area contributed by atoms with Gasteiger partial charge in [-0.05, 0) is 53.6 Å². The number of halogens is 3. The summed E-state index contributed by atoms with van der Waals surface area (Å²) in [5.41, 5.74) is 2.54. The fourth-order valence-electron chi connectivity index (χ4n) is 2.60. The highest BCUT2D eigenvalue weighted by atomic mass is 35.5. The fraction of sp³-hybridized carbons (Fsp3) is 0.143. The molecule has 0 aromatic heterocycles. The number of rotatable bonds is 7. The molecule has 140 valence electrons. The van der Waals surface area contributed by atoms with Gasteiger partial charge < -0.3 is 14.8 Å². The molecule has 3 aromatic carbocycles. The minimum atomic E-state index is -0.309. The summed E-state index contributed by atoms with van der Waals surface area (Å²) in [4.78, 5) is 0. The second-order valence-electron chi connectivity index (χ2n) is 5.89. The van der Waals surface area contributed by atoms with Crippen molar-refractivity contribution in [2.24, 2.45) is 0 Å². The van der Waals surface area contributed by atoms with E-state index in [1.54, 1.807) is 19.2 Å². The number of hydrogen-bond donors (Lipinski definition) is 1. The van der Waals surface area contributed by atoms with Gasteiger partial charge in [-0.2, -0.15) is 0 Å². The van der Waals surface area contributed by atoms with E-state index in [0.717, 1.165) is 11.3 Å². The van der Waals surface area contributed by atoms with E-state index in [4.69, 9.17) is 32.7 Å². The van der Waals surface area contributed by atoms with Gasteiger partial charge in [-0.3, -0.25) is 0 Å². The van der Waals surface area contributed by atoms with E-state index in [0.29, 0.717) is 33.7 Å². The first-order chi connectivity index (χ1) is 13.0. The molecular formula is C21H18Cl2FNO2. The van der Waals surface area contributed by atoms with E-state index < -0.39 is 0 Å². The third-order valence-electron chi connectivity index (χ3n) is 3.88. The Balaban J connectivity index is 1.72. The molecule has 0 aliphatic carbocycles. The summed E-state index contributed by atoms with van der Waals surface area (Å²) in [6, 6.07) is 17.4. The normalized spacial score (nSPS) is 10.5. The van der Waals surface area contributed by atoms with Gasteiger partial charge >= 0.3 is 0 Å². The fourth-order valence-corrected chi connectivity index (χ4v) is 3.08. The standard InChI is InChI=1S/C21H18Cl2FNO2/c1-26-20-10-15(12-25-18-7-3-5-16(22)11-18)9-19(23)21(20)27-13-14-4-2-6-17(24)8-14/h2-11,25H,12-13H2,1H3. The highest BCUT2D eigenvalue weighted by molar-refractivity contribution is 6.32. The van der Waals surface area contributed by atoms with Crippen LogP contribution in [0.5, 0.6) is 11.5 Å². The Morgan fingerprint density at radius 3 is 2.52 bits per heavy atom. The van der Waals surface area contributed by atoms with E-state index in [9.17, 15) is 4.39 Å². The molecule has 0 bridgehead atoms. The molecule has 1 N–H and O–H groups in total. The first kappa shape index (κ1) is 19.3. The van der Waals surface area contributed by atoms with E-state index in [1.165, 1.54) is 12.1 Å². The lowest BCUT2D eigenvalue weighted by atomic mass is 10.2. The van der Waals surface area contributed by atoms with Gasteiger partial charge in [-0.25, -0.2) is 4.39 Å². The minimum Gasteiger partial charge on any atom is -0.493 e. The number of anilines is 1. The van der Waals surface area contributed by atoms with Crippen LogP contribution >= 0.6 is 23.2 Å². The lowest BCUT2D eigenvalue weighted by Gasteiger charge is -2.15. The average Bonchev–Trinajstić information content (AvgIpc) is 2.65. The summed E-state index contributed by atoms with van der Waals surface area (Å²) in [7, 11) is 1.55. The summed E-state index contributed by atoms with van der Waals surface area (Å²) in [6.45, 7) is 0.731. The Bertz CT molecular complexity index is 934. The molecule has 0 radical (unpaired) electrons. The number of nitrogens with one attached hydrogen (secondary N) is 1. The van der Waals surface area contributed by atoms with Crippen molar-refractivity contribution in [3.63, 3.8) is 0 Å². The first-order valence-electron chi connectivity index (χ1n) is 8.28. The summed E-state index contributed by atoms with van der Waals surface area (Å²) in [5, 5.41) is 4.37. The predicted molar refractivity (Wildman–Crippen MR) is 108 cm³/mol. The molecule has 0 unspecified atom stereocenters. The van der Waals surface area contributed by atoms with E-state index >= 15 is 0 Å². The third kappa shape index (κ3) is 5.28. The van der Waals surface area contributed by atoms with Gasteiger partial charge in [-0.15, -0.1) is 0 Å². The number of benzene rings is 3. The van der Waals surface area contributed by atoms with Gasteiger partial charge in [0.25, 0.3) is 0 Å². The van der Waals surface area contributed by atoms with Crippen LogP contribution in [0, 0.1) is 5.82 Å². The van der Waals surface area contributed by atoms with Gasteiger partial charge in [0.05, 0.1) is 12.1 Å². The van der Waals surface area contributed by atoms with E-state index in [1.807, 2.05) is 36.4 Å². The Morgan fingerprint density at radius 1 is 0.963 bits per heavy atom. The van der Waals surface area contributed by atoms with Crippen LogP contribution in [0.15, 0.2) is 60.7 Å². The molecule has 0 aliphatic heterocycles. The molecule has 0 atom stereocenters. The predicted octanol–water partition coefficient (Wildman–Crippen LogP) is 6.33. The van der Waals surface area contributed by atoms with Crippen LogP contribution in [0.4, 0.5) is 10.1 Å². The summed E-state index contributed by atoms with van der Waals surface area (Å²) in [6.07, 6.45) is 0. The van der Waals surface area contributed by atoms with Crippen molar-refractivity contribution in [3.8, 4) is 11.5 Å². The third-order valence-corrected chi connectivity index (χ3v) is 4.40. The van der Waals surface area contributed by atoms with Crippen molar-refractivity contribution in [3.05, 3.63) is 87.7 Å². The van der Waals surface area contributed by atoms with Crippen LogP contribution in [0.25, 0.3) is 0 Å². The largest absolute Gasteiger partial charge is 0.493 e. The molecule has 3 rings (SSSR count). The average molecular weight is 406 g/mol. The van der Waals surface area contributed by atoms with Crippen molar-refractivity contribution in [1.29, 1.82) is 0 Å². The van der Waals surface area contributed by atoms with Crippen LogP contribution in [0.3, 0.4) is 0 Å². The molecule has 6 heteroatoms. The second kappa shape index (κ2) is 8.98. The van der Waals surface area contributed by atoms with Crippen LogP contribution in [-0.4, -0.2) is 7.11 Å². The highest BCUT2D eigenvalue weighted by Crippen LogP contribution is 2.37. The van der Waals surface area contributed by atoms with Gasteiger partial charge in [0.15, 0.2) is 11.5 Å². The van der Waals surface area contributed by atoms with Gasteiger partial charge in [0.1, 0.15) is 12.4 Å². The van der Waals surface area contributed by atoms with Crippen molar-refractivity contribution in [2.75, 3.05) is 12.4 Å². The quantitative estimate of drug-likeness (QED) is 0.497. The van der Waals surface area contributed by atoms with E-state index in [2.05, 4.69) is 5.32 Å². The highest BCUT2D eigenvalue weighted by Gasteiger charge is 2.13.